The molecule has 0 radical (unpaired) electrons. The third kappa shape index (κ3) is 7.67. The van der Waals surface area contributed by atoms with Crippen molar-refractivity contribution in [2.75, 3.05) is 6.26 Å². The van der Waals surface area contributed by atoms with Crippen LogP contribution >= 0.6 is 0 Å². The second-order valence-corrected chi connectivity index (χ2v) is 13.3. The number of hydrogen-bond donors (Lipinski definition) is 5. The molecule has 10 nitrogen and oxygen atoms in total. The van der Waals surface area contributed by atoms with E-state index in [2.05, 4.69) is 5.32 Å². The van der Waals surface area contributed by atoms with Crippen molar-refractivity contribution >= 4 is 27.8 Å². The number of esters is 1. The van der Waals surface area contributed by atoms with E-state index < -0.39 is 27.8 Å². The Bertz CT molecular complexity index is 1900. The van der Waals surface area contributed by atoms with Crippen LogP contribution in [0.5, 0.6) is 23.0 Å². The zero-order chi connectivity index (χ0) is 33.0. The zero-order valence-electron chi connectivity index (χ0n) is 24.8. The first-order chi connectivity index (χ1) is 21.9. The van der Waals surface area contributed by atoms with Gasteiger partial charge < -0.3 is 30.5 Å². The smallest absolute Gasteiger partial charge is 0.331 e. The Morgan fingerprint density at radius 2 is 1.52 bits per heavy atom. The second kappa shape index (κ2) is 13.4. The highest BCUT2D eigenvalue weighted by Gasteiger charge is 2.34. The van der Waals surface area contributed by atoms with Crippen LogP contribution in [0.4, 0.5) is 0 Å². The Morgan fingerprint density at radius 3 is 2.17 bits per heavy atom. The summed E-state index contributed by atoms with van der Waals surface area (Å²) in [5.41, 5.74) is 3.35. The maximum atomic E-state index is 13.3. The van der Waals surface area contributed by atoms with Crippen LogP contribution in [0.15, 0.2) is 95.9 Å². The van der Waals surface area contributed by atoms with Gasteiger partial charge in [0.2, 0.25) is 0 Å². The lowest BCUT2D eigenvalue weighted by Crippen LogP contribution is -2.48. The summed E-state index contributed by atoms with van der Waals surface area (Å²) in [7, 11) is -3.39. The molecule has 1 amide bonds. The first kappa shape index (κ1) is 32.1. The van der Waals surface area contributed by atoms with Crippen molar-refractivity contribution < 1.29 is 43.2 Å². The number of hydrogen-bond acceptors (Lipinski definition) is 9. The number of carbonyl (C=O) groups is 2. The van der Waals surface area contributed by atoms with Crippen molar-refractivity contribution in [2.45, 2.75) is 42.2 Å². The highest BCUT2D eigenvalue weighted by molar-refractivity contribution is 7.90. The van der Waals surface area contributed by atoms with Crippen LogP contribution in [0.25, 0.3) is 17.2 Å². The van der Waals surface area contributed by atoms with Gasteiger partial charge in [-0.1, -0.05) is 54.6 Å². The molecule has 238 valence electrons. The maximum Gasteiger partial charge on any atom is 0.331 e. The summed E-state index contributed by atoms with van der Waals surface area (Å²) < 4.78 is 30.0. The Morgan fingerprint density at radius 1 is 0.870 bits per heavy atom. The van der Waals surface area contributed by atoms with Gasteiger partial charge in [0, 0.05) is 30.4 Å². The van der Waals surface area contributed by atoms with Crippen molar-refractivity contribution in [1.29, 1.82) is 0 Å². The number of rotatable bonds is 10. The summed E-state index contributed by atoms with van der Waals surface area (Å²) in [5.74, 6) is -2.53. The summed E-state index contributed by atoms with van der Waals surface area (Å²) in [5, 5.41) is 41.7. The lowest BCUT2D eigenvalue weighted by Gasteiger charge is -2.37. The molecule has 4 aromatic rings. The molecule has 1 aliphatic rings. The van der Waals surface area contributed by atoms with Crippen LogP contribution < -0.4 is 5.32 Å². The van der Waals surface area contributed by atoms with E-state index in [1.54, 1.807) is 24.3 Å². The molecule has 1 atom stereocenters. The van der Waals surface area contributed by atoms with E-state index in [-0.39, 0.29) is 46.3 Å². The molecule has 0 unspecified atom stereocenters. The van der Waals surface area contributed by atoms with Crippen molar-refractivity contribution in [2.24, 2.45) is 0 Å². The van der Waals surface area contributed by atoms with E-state index in [0.29, 0.717) is 29.5 Å². The van der Waals surface area contributed by atoms with E-state index in [1.807, 2.05) is 24.3 Å². The molecule has 11 heteroatoms. The van der Waals surface area contributed by atoms with Gasteiger partial charge in [-0.3, -0.25) is 4.79 Å². The quantitative estimate of drug-likeness (QED) is 0.0924. The van der Waals surface area contributed by atoms with Crippen molar-refractivity contribution in [3.63, 3.8) is 0 Å². The van der Waals surface area contributed by atoms with E-state index >= 15 is 0 Å². The summed E-state index contributed by atoms with van der Waals surface area (Å²) in [6.45, 7) is 0. The monoisotopic (exact) mass is 643 g/mol. The Kier molecular flexibility index (Phi) is 9.33. The van der Waals surface area contributed by atoms with Crippen LogP contribution in [0, 0.1) is 0 Å². The number of phenols is 4. The van der Waals surface area contributed by atoms with Gasteiger partial charge in [-0.25, -0.2) is 13.2 Å². The fourth-order valence-electron chi connectivity index (χ4n) is 5.35. The largest absolute Gasteiger partial charge is 0.504 e. The molecule has 5 N–H and O–H groups in total. The van der Waals surface area contributed by atoms with Crippen LogP contribution in [-0.2, 0) is 30.6 Å². The van der Waals surface area contributed by atoms with Gasteiger partial charge in [0.25, 0.3) is 5.91 Å². The summed E-state index contributed by atoms with van der Waals surface area (Å²) in [6.07, 6.45) is 3.63. The molecule has 1 saturated carbocycles. The molecule has 1 fully saturated rings. The molecule has 0 heterocycles. The predicted octanol–water partition coefficient (Wildman–Crippen LogP) is 4.81. The second-order valence-electron chi connectivity index (χ2n) is 11.3. The van der Waals surface area contributed by atoms with Crippen LogP contribution in [0.3, 0.4) is 0 Å². The third-order valence-electron chi connectivity index (χ3n) is 7.89. The van der Waals surface area contributed by atoms with Gasteiger partial charge in [-0.15, -0.1) is 0 Å². The minimum absolute atomic E-state index is 0.0637. The van der Waals surface area contributed by atoms with Crippen LogP contribution in [0.2, 0.25) is 0 Å². The van der Waals surface area contributed by atoms with Gasteiger partial charge in [0.05, 0.1) is 4.90 Å². The summed E-state index contributed by atoms with van der Waals surface area (Å²) in [4.78, 5) is 26.3. The molecule has 0 saturated heterocycles. The lowest BCUT2D eigenvalue weighted by atomic mass is 9.75. The Hall–Kier alpha value is -5.29. The van der Waals surface area contributed by atoms with E-state index in [4.69, 9.17) is 4.74 Å². The topological polar surface area (TPSA) is 170 Å². The lowest BCUT2D eigenvalue weighted by molar-refractivity contribution is -0.151. The van der Waals surface area contributed by atoms with Crippen molar-refractivity contribution in [1.82, 2.24) is 5.32 Å². The molecule has 0 spiro atoms. The van der Waals surface area contributed by atoms with Gasteiger partial charge in [-0.05, 0) is 77.4 Å². The molecule has 1 aliphatic carbocycles. The molecule has 4 aromatic carbocycles. The Balaban J connectivity index is 1.23. The minimum atomic E-state index is -3.39. The predicted molar refractivity (Wildman–Crippen MR) is 171 cm³/mol. The first-order valence-electron chi connectivity index (χ1n) is 14.5. The molecular weight excluding hydrogens is 610 g/mol. The number of ether oxygens (including phenoxy) is 1. The average Bonchev–Trinajstić information content (AvgIpc) is 3.00. The first-order valence-corrected chi connectivity index (χ1v) is 16.4. The summed E-state index contributed by atoms with van der Waals surface area (Å²) >= 11 is 0. The van der Waals surface area contributed by atoms with Crippen molar-refractivity contribution in [3.8, 4) is 34.1 Å². The number of sulfone groups is 1. The molecule has 0 bridgehead atoms. The highest BCUT2D eigenvalue weighted by atomic mass is 32.2. The number of aromatic hydroxyl groups is 4. The normalized spacial score (nSPS) is 16.8. The fraction of sp³-hybridized carbons (Fsp3) is 0.200. The number of carbonyl (C=O) groups excluding carboxylic acids is 2. The number of nitrogens with one attached hydrogen (secondary N) is 1. The van der Waals surface area contributed by atoms with Crippen molar-refractivity contribution in [3.05, 3.63) is 108 Å². The average molecular weight is 644 g/mol. The molecule has 5 rings (SSSR count). The number of phenolic OH excluding ortho intramolecular Hbond substituents is 4. The van der Waals surface area contributed by atoms with Gasteiger partial charge in [0.1, 0.15) is 0 Å². The van der Waals surface area contributed by atoms with Gasteiger partial charge in [-0.2, -0.15) is 0 Å². The maximum absolute atomic E-state index is 13.3. The van der Waals surface area contributed by atoms with Gasteiger partial charge >= 0.3 is 5.97 Å². The molecule has 0 aromatic heterocycles. The standard InChI is InChI=1S/C35H33NO9S/c1-46(43,44)33-5-3-2-4-27(33)24-11-9-23(10-12-24)25-19-26(20-25)36-35(42)32(18-22-7-14-29(38)31(40)17-22)45-34(41)15-8-21-6-13-28(37)30(39)16-21/h2-17,25-26,32,37-40H,18-20H2,1H3,(H,36,42)/b15-8+/t25?,26?,32-/m1/s1. The van der Waals surface area contributed by atoms with Gasteiger partial charge in [0.15, 0.2) is 38.9 Å². The fourth-order valence-corrected chi connectivity index (χ4v) is 6.26. The highest BCUT2D eigenvalue weighted by Crippen LogP contribution is 2.38. The molecular formula is C35H33NO9S. The van der Waals surface area contributed by atoms with E-state index in [1.165, 1.54) is 48.7 Å². The van der Waals surface area contributed by atoms with Crippen LogP contribution in [-0.4, -0.2) is 59.1 Å². The number of amides is 1. The Labute approximate surface area is 266 Å². The van der Waals surface area contributed by atoms with Crippen LogP contribution in [0.1, 0.15) is 35.4 Å². The van der Waals surface area contributed by atoms with E-state index in [9.17, 15) is 38.4 Å². The molecule has 0 aliphatic heterocycles. The van der Waals surface area contributed by atoms with E-state index in [0.717, 1.165) is 17.2 Å². The SMILES string of the molecule is CS(=O)(=O)c1ccccc1-c1ccc(C2CC(NC(=O)[C@@H](Cc3ccc(O)c(O)c3)OC(=O)/C=C/c3ccc(O)c(O)c3)C2)cc1. The summed E-state index contributed by atoms with van der Waals surface area (Å²) in [6, 6.07) is 22.5. The zero-order valence-corrected chi connectivity index (χ0v) is 25.6. The third-order valence-corrected chi connectivity index (χ3v) is 9.04. The molecule has 46 heavy (non-hydrogen) atoms. The number of benzene rings is 4. The minimum Gasteiger partial charge on any atom is -0.504 e.